The van der Waals surface area contributed by atoms with E-state index < -0.39 is 0 Å². The molecule has 2 rings (SSSR count). The summed E-state index contributed by atoms with van der Waals surface area (Å²) in [4.78, 5) is 2.37. The van der Waals surface area contributed by atoms with Crippen molar-refractivity contribution in [1.29, 1.82) is 0 Å². The summed E-state index contributed by atoms with van der Waals surface area (Å²) in [6, 6.07) is 6.60. The van der Waals surface area contributed by atoms with Crippen LogP contribution in [0.1, 0.15) is 25.0 Å². The maximum absolute atomic E-state index is 5.78. The first-order chi connectivity index (χ1) is 9.00. The van der Waals surface area contributed by atoms with Crippen molar-refractivity contribution in [3.05, 3.63) is 29.3 Å². The number of hydrogen-bond donors (Lipinski definition) is 1. The highest BCUT2D eigenvalue weighted by molar-refractivity contribution is 5.85. The molecule has 0 spiro atoms. The molecule has 4 heteroatoms. The standard InChI is InChI=1S/C16H26N2O.ClH/c1-16(2,11-17)12-18(3)8-6-13-4-5-15-14(10-13)7-9-19-15;/h4-5,10H,6-9,11-12,17H2,1-3H3;1H. The summed E-state index contributed by atoms with van der Waals surface area (Å²) in [5.41, 5.74) is 8.75. The zero-order valence-electron chi connectivity index (χ0n) is 12.8. The summed E-state index contributed by atoms with van der Waals surface area (Å²) < 4.78 is 5.54. The number of benzene rings is 1. The van der Waals surface area contributed by atoms with Gasteiger partial charge in [0, 0.05) is 19.5 Å². The number of nitrogens with zero attached hydrogens (tertiary/aromatic N) is 1. The number of nitrogens with two attached hydrogens (primary N) is 1. The second kappa shape index (κ2) is 7.30. The number of ether oxygens (including phenoxy) is 1. The molecular weight excluding hydrogens is 272 g/mol. The summed E-state index contributed by atoms with van der Waals surface area (Å²) in [7, 11) is 2.17. The van der Waals surface area contributed by atoms with Crippen LogP contribution < -0.4 is 10.5 Å². The number of likely N-dealkylation sites (N-methyl/N-ethyl adjacent to an activating group) is 1. The lowest BCUT2D eigenvalue weighted by Gasteiger charge is -2.29. The Kier molecular flexibility index (Phi) is 6.31. The fourth-order valence-electron chi connectivity index (χ4n) is 2.59. The summed E-state index contributed by atoms with van der Waals surface area (Å²) in [5.74, 6) is 1.07. The van der Waals surface area contributed by atoms with Crippen LogP contribution >= 0.6 is 12.4 Å². The highest BCUT2D eigenvalue weighted by atomic mass is 35.5. The van der Waals surface area contributed by atoms with Gasteiger partial charge in [0.05, 0.1) is 6.61 Å². The first-order valence-electron chi connectivity index (χ1n) is 7.13. The molecule has 0 bridgehead atoms. The fraction of sp³-hybridized carbons (Fsp3) is 0.625. The quantitative estimate of drug-likeness (QED) is 0.877. The molecule has 0 aromatic heterocycles. The minimum atomic E-state index is 0. The molecule has 0 unspecified atom stereocenters. The van der Waals surface area contributed by atoms with E-state index in [9.17, 15) is 0 Å². The molecule has 0 radical (unpaired) electrons. The third-order valence-electron chi connectivity index (χ3n) is 3.79. The van der Waals surface area contributed by atoms with Crippen LogP contribution in [0.2, 0.25) is 0 Å². The molecule has 3 nitrogen and oxygen atoms in total. The van der Waals surface area contributed by atoms with E-state index in [1.165, 1.54) is 11.1 Å². The minimum absolute atomic E-state index is 0. The van der Waals surface area contributed by atoms with Gasteiger partial charge in [0.2, 0.25) is 0 Å². The smallest absolute Gasteiger partial charge is 0.122 e. The third kappa shape index (κ3) is 4.65. The van der Waals surface area contributed by atoms with Gasteiger partial charge in [0.15, 0.2) is 0 Å². The lowest BCUT2D eigenvalue weighted by atomic mass is 9.93. The van der Waals surface area contributed by atoms with E-state index in [1.807, 2.05) is 0 Å². The van der Waals surface area contributed by atoms with Crippen molar-refractivity contribution in [3.8, 4) is 5.75 Å². The van der Waals surface area contributed by atoms with Gasteiger partial charge in [0.25, 0.3) is 0 Å². The third-order valence-corrected chi connectivity index (χ3v) is 3.79. The molecule has 0 aliphatic carbocycles. The Labute approximate surface area is 128 Å². The van der Waals surface area contributed by atoms with Crippen LogP contribution in [0.5, 0.6) is 5.75 Å². The second-order valence-electron chi connectivity index (χ2n) is 6.40. The van der Waals surface area contributed by atoms with Gasteiger partial charge in [-0.3, -0.25) is 0 Å². The molecule has 0 saturated heterocycles. The number of hydrogen-bond acceptors (Lipinski definition) is 3. The lowest BCUT2D eigenvalue weighted by molar-refractivity contribution is 0.218. The van der Waals surface area contributed by atoms with Gasteiger partial charge in [-0.2, -0.15) is 0 Å². The maximum atomic E-state index is 5.78. The minimum Gasteiger partial charge on any atom is -0.493 e. The van der Waals surface area contributed by atoms with Crippen LogP contribution in [0.4, 0.5) is 0 Å². The van der Waals surface area contributed by atoms with Gasteiger partial charge >= 0.3 is 0 Å². The average molecular weight is 299 g/mol. The average Bonchev–Trinajstić information content (AvgIpc) is 2.83. The number of halogens is 1. The molecular formula is C16H27ClN2O. The van der Waals surface area contributed by atoms with Crippen molar-refractivity contribution in [1.82, 2.24) is 4.90 Å². The lowest BCUT2D eigenvalue weighted by Crippen LogP contribution is -2.37. The van der Waals surface area contributed by atoms with Crippen LogP contribution in [0.3, 0.4) is 0 Å². The SMILES string of the molecule is CN(CCc1ccc2c(c1)CCO2)CC(C)(C)CN.Cl. The zero-order valence-corrected chi connectivity index (χ0v) is 13.6. The normalized spacial score (nSPS) is 13.8. The van der Waals surface area contributed by atoms with Gasteiger partial charge in [-0.1, -0.05) is 26.0 Å². The Bertz CT molecular complexity index is 434. The first-order valence-corrected chi connectivity index (χ1v) is 7.13. The van der Waals surface area contributed by atoms with Crippen molar-refractivity contribution in [2.45, 2.75) is 26.7 Å². The summed E-state index contributed by atoms with van der Waals surface area (Å²) in [5, 5.41) is 0. The Morgan fingerprint density at radius 3 is 2.80 bits per heavy atom. The molecule has 114 valence electrons. The Hall–Kier alpha value is -0.770. The molecule has 0 fully saturated rings. The van der Waals surface area contributed by atoms with Crippen LogP contribution in [-0.4, -0.2) is 38.2 Å². The highest BCUT2D eigenvalue weighted by Crippen LogP contribution is 2.26. The van der Waals surface area contributed by atoms with Crippen molar-refractivity contribution in [2.24, 2.45) is 11.1 Å². The summed E-state index contributed by atoms with van der Waals surface area (Å²) in [6.07, 6.45) is 2.14. The fourth-order valence-corrected chi connectivity index (χ4v) is 2.59. The summed E-state index contributed by atoms with van der Waals surface area (Å²) in [6.45, 7) is 8.12. The van der Waals surface area contributed by atoms with E-state index in [2.05, 4.69) is 44.0 Å². The summed E-state index contributed by atoms with van der Waals surface area (Å²) >= 11 is 0. The molecule has 2 N–H and O–H groups in total. The van der Waals surface area contributed by atoms with Crippen molar-refractivity contribution >= 4 is 12.4 Å². The Balaban J connectivity index is 0.00000200. The maximum Gasteiger partial charge on any atom is 0.122 e. The molecule has 1 aromatic rings. The first kappa shape index (κ1) is 17.3. The monoisotopic (exact) mass is 298 g/mol. The van der Waals surface area contributed by atoms with E-state index in [1.54, 1.807) is 0 Å². The Morgan fingerprint density at radius 1 is 1.35 bits per heavy atom. The Morgan fingerprint density at radius 2 is 2.10 bits per heavy atom. The van der Waals surface area contributed by atoms with Gasteiger partial charge in [-0.15, -0.1) is 12.4 Å². The van der Waals surface area contributed by atoms with E-state index >= 15 is 0 Å². The predicted molar refractivity (Wildman–Crippen MR) is 86.9 cm³/mol. The zero-order chi connectivity index (χ0) is 13.9. The van der Waals surface area contributed by atoms with Gasteiger partial charge in [-0.05, 0) is 42.6 Å². The van der Waals surface area contributed by atoms with Crippen LogP contribution in [-0.2, 0) is 12.8 Å². The number of rotatable bonds is 6. The molecule has 1 aliphatic heterocycles. The molecule has 1 aromatic carbocycles. The van der Waals surface area contributed by atoms with Crippen molar-refractivity contribution in [2.75, 3.05) is 33.3 Å². The van der Waals surface area contributed by atoms with E-state index in [0.717, 1.165) is 44.8 Å². The molecule has 0 amide bonds. The van der Waals surface area contributed by atoms with E-state index in [-0.39, 0.29) is 17.8 Å². The predicted octanol–water partition coefficient (Wildman–Crippen LogP) is 2.50. The van der Waals surface area contributed by atoms with Gasteiger partial charge in [-0.25, -0.2) is 0 Å². The second-order valence-corrected chi connectivity index (χ2v) is 6.40. The largest absolute Gasteiger partial charge is 0.493 e. The molecule has 20 heavy (non-hydrogen) atoms. The van der Waals surface area contributed by atoms with Crippen LogP contribution in [0.25, 0.3) is 0 Å². The van der Waals surface area contributed by atoms with Crippen LogP contribution in [0.15, 0.2) is 18.2 Å². The van der Waals surface area contributed by atoms with Gasteiger partial charge < -0.3 is 15.4 Å². The van der Waals surface area contributed by atoms with Gasteiger partial charge in [0.1, 0.15) is 5.75 Å². The van der Waals surface area contributed by atoms with Crippen molar-refractivity contribution < 1.29 is 4.74 Å². The van der Waals surface area contributed by atoms with Crippen LogP contribution in [0, 0.1) is 5.41 Å². The van der Waals surface area contributed by atoms with Crippen molar-refractivity contribution in [3.63, 3.8) is 0 Å². The van der Waals surface area contributed by atoms with E-state index in [0.29, 0.717) is 0 Å². The topological polar surface area (TPSA) is 38.5 Å². The molecule has 0 atom stereocenters. The molecule has 1 heterocycles. The highest BCUT2D eigenvalue weighted by Gasteiger charge is 2.18. The molecule has 0 saturated carbocycles. The van der Waals surface area contributed by atoms with E-state index in [4.69, 9.17) is 10.5 Å². The number of fused-ring (bicyclic) bond motifs is 1. The molecule has 1 aliphatic rings.